The second-order valence-corrected chi connectivity index (χ2v) is 4.52. The van der Waals surface area contributed by atoms with Crippen LogP contribution in [0.1, 0.15) is 12.8 Å². The highest BCUT2D eigenvalue weighted by Crippen LogP contribution is 2.21. The zero-order chi connectivity index (χ0) is 8.39. The Morgan fingerprint density at radius 2 is 2.25 bits per heavy atom. The molecule has 12 heavy (non-hydrogen) atoms. The molecule has 0 N–H and O–H groups in total. The minimum absolute atomic E-state index is 0.543. The molecule has 0 bridgehead atoms. The van der Waals surface area contributed by atoms with Gasteiger partial charge in [-0.2, -0.15) is 0 Å². The minimum Gasteiger partial charge on any atom is -0.377 e. The predicted octanol–water partition coefficient (Wildman–Crippen LogP) is 1.49. The Hall–Kier alpha value is 0.400. The maximum atomic E-state index is 5.57. The first-order valence-corrected chi connectivity index (χ1v) is 5.90. The molecule has 2 heterocycles. The van der Waals surface area contributed by atoms with Crippen molar-refractivity contribution in [1.29, 1.82) is 0 Å². The van der Waals surface area contributed by atoms with Gasteiger partial charge in [0.25, 0.3) is 0 Å². The standard InChI is InChI=1S/C9H16BrNO/c10-4-8-5-11(6-8)7-9-2-1-3-12-9/h8-9H,1-7H2. The molecule has 2 nitrogen and oxygen atoms in total. The van der Waals surface area contributed by atoms with Crippen LogP contribution in [0.3, 0.4) is 0 Å². The smallest absolute Gasteiger partial charge is 0.0702 e. The van der Waals surface area contributed by atoms with Crippen molar-refractivity contribution in [3.8, 4) is 0 Å². The molecule has 70 valence electrons. The molecule has 0 saturated carbocycles. The van der Waals surface area contributed by atoms with Crippen molar-refractivity contribution in [2.75, 3.05) is 31.6 Å². The van der Waals surface area contributed by atoms with Gasteiger partial charge in [-0.3, -0.25) is 0 Å². The van der Waals surface area contributed by atoms with E-state index in [1.165, 1.54) is 32.5 Å². The monoisotopic (exact) mass is 233 g/mol. The Morgan fingerprint density at radius 1 is 1.42 bits per heavy atom. The second-order valence-electron chi connectivity index (χ2n) is 3.87. The van der Waals surface area contributed by atoms with E-state index in [2.05, 4.69) is 20.8 Å². The zero-order valence-electron chi connectivity index (χ0n) is 7.34. The van der Waals surface area contributed by atoms with Crippen LogP contribution in [0.2, 0.25) is 0 Å². The molecule has 0 aromatic carbocycles. The number of alkyl halides is 1. The number of likely N-dealkylation sites (tertiary alicyclic amines) is 1. The lowest BCUT2D eigenvalue weighted by molar-refractivity contribution is 0.0305. The number of hydrogen-bond donors (Lipinski definition) is 0. The third kappa shape index (κ3) is 2.01. The van der Waals surface area contributed by atoms with Gasteiger partial charge in [-0.1, -0.05) is 15.9 Å². The van der Waals surface area contributed by atoms with Crippen LogP contribution in [-0.2, 0) is 4.74 Å². The predicted molar refractivity (Wildman–Crippen MR) is 52.7 cm³/mol. The van der Waals surface area contributed by atoms with Crippen LogP contribution < -0.4 is 0 Å². The minimum atomic E-state index is 0.543. The summed E-state index contributed by atoms with van der Waals surface area (Å²) in [6.07, 6.45) is 3.08. The topological polar surface area (TPSA) is 12.5 Å². The number of rotatable bonds is 3. The molecule has 0 radical (unpaired) electrons. The molecule has 0 aromatic rings. The molecule has 2 saturated heterocycles. The fourth-order valence-electron chi connectivity index (χ4n) is 2.00. The normalized spacial score (nSPS) is 32.2. The van der Waals surface area contributed by atoms with Gasteiger partial charge in [0.15, 0.2) is 0 Å². The molecule has 0 aromatic heterocycles. The fraction of sp³-hybridized carbons (Fsp3) is 1.00. The quantitative estimate of drug-likeness (QED) is 0.686. The Labute approximate surface area is 82.4 Å². The summed E-state index contributed by atoms with van der Waals surface area (Å²) in [5.41, 5.74) is 0. The summed E-state index contributed by atoms with van der Waals surface area (Å²) in [7, 11) is 0. The average molecular weight is 234 g/mol. The largest absolute Gasteiger partial charge is 0.377 e. The third-order valence-corrected chi connectivity index (χ3v) is 3.65. The SMILES string of the molecule is BrCC1CN(CC2CCCO2)C1. The summed E-state index contributed by atoms with van der Waals surface area (Å²) in [6, 6.07) is 0. The van der Waals surface area contributed by atoms with Gasteiger partial charge in [0.2, 0.25) is 0 Å². The Kier molecular flexibility index (Phi) is 3.05. The van der Waals surface area contributed by atoms with Gasteiger partial charge in [-0.05, 0) is 18.8 Å². The van der Waals surface area contributed by atoms with Gasteiger partial charge in [0.1, 0.15) is 0 Å². The molecule has 1 unspecified atom stereocenters. The fourth-order valence-corrected chi connectivity index (χ4v) is 2.41. The molecule has 0 amide bonds. The van der Waals surface area contributed by atoms with E-state index in [4.69, 9.17) is 4.74 Å². The average Bonchev–Trinajstić information content (AvgIpc) is 2.47. The van der Waals surface area contributed by atoms with Crippen molar-refractivity contribution in [3.05, 3.63) is 0 Å². The van der Waals surface area contributed by atoms with Crippen molar-refractivity contribution in [2.24, 2.45) is 5.92 Å². The second kappa shape index (κ2) is 4.07. The maximum Gasteiger partial charge on any atom is 0.0702 e. The lowest BCUT2D eigenvalue weighted by atomic mass is 10.0. The van der Waals surface area contributed by atoms with Crippen molar-refractivity contribution in [2.45, 2.75) is 18.9 Å². The Morgan fingerprint density at radius 3 is 2.83 bits per heavy atom. The number of ether oxygens (including phenoxy) is 1. The van der Waals surface area contributed by atoms with E-state index >= 15 is 0 Å². The number of halogens is 1. The lowest BCUT2D eigenvalue weighted by Gasteiger charge is -2.39. The summed E-state index contributed by atoms with van der Waals surface area (Å²) in [4.78, 5) is 2.50. The summed E-state index contributed by atoms with van der Waals surface area (Å²) in [5, 5.41) is 1.16. The highest BCUT2D eigenvalue weighted by atomic mass is 79.9. The van der Waals surface area contributed by atoms with E-state index < -0.39 is 0 Å². The number of nitrogens with zero attached hydrogens (tertiary/aromatic N) is 1. The number of hydrogen-bond acceptors (Lipinski definition) is 2. The zero-order valence-corrected chi connectivity index (χ0v) is 8.92. The van der Waals surface area contributed by atoms with E-state index in [1.807, 2.05) is 0 Å². The van der Waals surface area contributed by atoms with E-state index in [-0.39, 0.29) is 0 Å². The van der Waals surface area contributed by atoms with E-state index in [0.717, 1.165) is 17.9 Å². The molecule has 2 fully saturated rings. The van der Waals surface area contributed by atoms with Crippen molar-refractivity contribution in [3.63, 3.8) is 0 Å². The van der Waals surface area contributed by atoms with E-state index in [0.29, 0.717) is 6.10 Å². The maximum absolute atomic E-state index is 5.57. The lowest BCUT2D eigenvalue weighted by Crippen LogP contribution is -2.50. The molecule has 2 rings (SSSR count). The first-order chi connectivity index (χ1) is 5.88. The molecular formula is C9H16BrNO. The molecule has 2 aliphatic rings. The van der Waals surface area contributed by atoms with Crippen molar-refractivity contribution >= 4 is 15.9 Å². The van der Waals surface area contributed by atoms with Crippen molar-refractivity contribution < 1.29 is 4.74 Å². The van der Waals surface area contributed by atoms with Gasteiger partial charge >= 0.3 is 0 Å². The van der Waals surface area contributed by atoms with Gasteiger partial charge in [0, 0.05) is 31.6 Å². The van der Waals surface area contributed by atoms with Crippen LogP contribution in [0.25, 0.3) is 0 Å². The van der Waals surface area contributed by atoms with Crippen molar-refractivity contribution in [1.82, 2.24) is 4.90 Å². The van der Waals surface area contributed by atoms with Gasteiger partial charge in [-0.25, -0.2) is 0 Å². The highest BCUT2D eigenvalue weighted by Gasteiger charge is 2.28. The summed E-state index contributed by atoms with van der Waals surface area (Å²) in [6.45, 7) is 4.69. The Bertz CT molecular complexity index is 141. The van der Waals surface area contributed by atoms with E-state index in [1.54, 1.807) is 0 Å². The summed E-state index contributed by atoms with van der Waals surface area (Å²) < 4.78 is 5.57. The first kappa shape index (κ1) is 8.97. The van der Waals surface area contributed by atoms with Gasteiger partial charge in [-0.15, -0.1) is 0 Å². The van der Waals surface area contributed by atoms with Crippen LogP contribution in [0.4, 0.5) is 0 Å². The van der Waals surface area contributed by atoms with Crippen LogP contribution in [0.5, 0.6) is 0 Å². The molecule has 2 aliphatic heterocycles. The first-order valence-electron chi connectivity index (χ1n) is 4.78. The third-order valence-electron chi connectivity index (χ3n) is 2.74. The molecule has 1 atom stereocenters. The summed E-state index contributed by atoms with van der Waals surface area (Å²) >= 11 is 3.51. The van der Waals surface area contributed by atoms with Crippen LogP contribution in [0.15, 0.2) is 0 Å². The van der Waals surface area contributed by atoms with Crippen LogP contribution in [0, 0.1) is 5.92 Å². The molecule has 0 spiro atoms. The molecule has 0 aliphatic carbocycles. The Balaban J connectivity index is 1.62. The highest BCUT2D eigenvalue weighted by molar-refractivity contribution is 9.09. The van der Waals surface area contributed by atoms with Crippen LogP contribution in [-0.4, -0.2) is 42.6 Å². The van der Waals surface area contributed by atoms with Gasteiger partial charge < -0.3 is 9.64 Å². The van der Waals surface area contributed by atoms with E-state index in [9.17, 15) is 0 Å². The molecule has 3 heteroatoms. The molecular weight excluding hydrogens is 218 g/mol. The van der Waals surface area contributed by atoms with Gasteiger partial charge in [0.05, 0.1) is 6.10 Å². The summed E-state index contributed by atoms with van der Waals surface area (Å²) in [5.74, 6) is 0.895. The van der Waals surface area contributed by atoms with Crippen LogP contribution >= 0.6 is 15.9 Å².